The first kappa shape index (κ1) is 60.0. The Morgan fingerprint density at radius 2 is 0.750 bits per heavy atom. The van der Waals surface area contributed by atoms with Crippen molar-refractivity contribution >= 4 is 11.9 Å². The van der Waals surface area contributed by atoms with E-state index in [-0.39, 0.29) is 31.6 Å². The smallest absolute Gasteiger partial charge is 0.309 e. The first-order valence-corrected chi connectivity index (χ1v) is 25.7. The number of hydrogen-bond donors (Lipinski definition) is 0. The van der Waals surface area contributed by atoms with Crippen LogP contribution in [0.4, 0.5) is 0 Å². The molecule has 0 saturated carbocycles. The monoisotopic (exact) mass is 883 g/mol. The average Bonchev–Trinajstić information content (AvgIpc) is 3.30. The van der Waals surface area contributed by atoms with Gasteiger partial charge in [0.25, 0.3) is 0 Å². The second-order valence-electron chi connectivity index (χ2n) is 16.3. The van der Waals surface area contributed by atoms with E-state index in [9.17, 15) is 9.59 Å². The van der Waals surface area contributed by atoms with Crippen molar-refractivity contribution in [2.45, 2.75) is 207 Å². The van der Waals surface area contributed by atoms with E-state index in [0.29, 0.717) is 13.0 Å². The van der Waals surface area contributed by atoms with Crippen molar-refractivity contribution in [1.82, 2.24) is 0 Å². The molecule has 0 N–H and O–H groups in total. The van der Waals surface area contributed by atoms with E-state index < -0.39 is 6.10 Å². The molecule has 0 spiro atoms. The van der Waals surface area contributed by atoms with Crippen molar-refractivity contribution in [3.63, 3.8) is 0 Å². The summed E-state index contributed by atoms with van der Waals surface area (Å²) in [7, 11) is 0. The minimum absolute atomic E-state index is 0.00858. The molecule has 0 saturated heterocycles. The molecule has 0 aliphatic rings. The van der Waals surface area contributed by atoms with Crippen molar-refractivity contribution in [1.29, 1.82) is 0 Å². The molecule has 64 heavy (non-hydrogen) atoms. The van der Waals surface area contributed by atoms with E-state index in [0.717, 1.165) is 122 Å². The third-order valence-corrected chi connectivity index (χ3v) is 10.2. The van der Waals surface area contributed by atoms with Gasteiger partial charge in [0, 0.05) is 13.0 Å². The maximum atomic E-state index is 12.8. The molecule has 0 radical (unpaired) electrons. The lowest BCUT2D eigenvalue weighted by Gasteiger charge is -2.18. The van der Waals surface area contributed by atoms with Crippen LogP contribution in [0.15, 0.2) is 134 Å². The van der Waals surface area contributed by atoms with Crippen LogP contribution in [0.25, 0.3) is 0 Å². The quantitative estimate of drug-likeness (QED) is 0.0346. The normalized spacial score (nSPS) is 13.4. The van der Waals surface area contributed by atoms with Crippen LogP contribution in [0.2, 0.25) is 0 Å². The number of carbonyl (C=O) groups is 2. The molecular formula is C59H94O5. The number of hydrogen-bond acceptors (Lipinski definition) is 5. The van der Waals surface area contributed by atoms with E-state index in [1.54, 1.807) is 0 Å². The summed E-state index contributed by atoms with van der Waals surface area (Å²) < 4.78 is 17.3. The van der Waals surface area contributed by atoms with Gasteiger partial charge in [0.2, 0.25) is 0 Å². The predicted molar refractivity (Wildman–Crippen MR) is 278 cm³/mol. The molecule has 0 aromatic heterocycles. The fourth-order valence-electron chi connectivity index (χ4n) is 6.43. The Morgan fingerprint density at radius 1 is 0.375 bits per heavy atom. The maximum Gasteiger partial charge on any atom is 0.309 e. The van der Waals surface area contributed by atoms with Gasteiger partial charge in [0.05, 0.1) is 13.0 Å². The lowest BCUT2D eigenvalue weighted by molar-refractivity contribution is -0.162. The van der Waals surface area contributed by atoms with Crippen LogP contribution in [0.3, 0.4) is 0 Å². The maximum absolute atomic E-state index is 12.8. The summed E-state index contributed by atoms with van der Waals surface area (Å²) in [5.41, 5.74) is 0. The van der Waals surface area contributed by atoms with Crippen LogP contribution in [-0.2, 0) is 23.8 Å². The molecule has 0 bridgehead atoms. The number of esters is 2. The molecule has 1 atom stereocenters. The van der Waals surface area contributed by atoms with Crippen LogP contribution in [0.1, 0.15) is 201 Å². The standard InChI is InChI=1S/C59H94O5/c1-4-7-10-13-16-19-22-25-27-28-29-30-31-33-36-39-42-45-48-51-54-62-55-57(64-59(61)53-50-47-44-41-38-34-24-21-18-15-12-9-6-3)56-63-58(60)52-49-46-43-40-37-35-32-26-23-20-17-14-11-8-5-2/h7-8,10-11,16-17,19-21,24-27,29-30,32-33,36-37,40,46,49,57H,4-6,9,12-15,18,22-23,28,31,34-35,38-39,41-45,47-48,50-56H2,1-3H3/b10-7-,11-8-,19-16-,20-17-,24-21-,27-25-,30-29-,32-26-,36-33-,40-37-,49-46-. The summed E-state index contributed by atoms with van der Waals surface area (Å²) in [6.45, 7) is 7.39. The molecule has 5 heteroatoms. The summed E-state index contributed by atoms with van der Waals surface area (Å²) in [6.07, 6.45) is 76.3. The molecule has 0 aromatic rings. The Bertz CT molecular complexity index is 1370. The van der Waals surface area contributed by atoms with Gasteiger partial charge in [-0.25, -0.2) is 0 Å². The van der Waals surface area contributed by atoms with Crippen molar-refractivity contribution < 1.29 is 23.8 Å². The summed E-state index contributed by atoms with van der Waals surface area (Å²) in [6, 6.07) is 0. The topological polar surface area (TPSA) is 61.8 Å². The number of rotatable bonds is 45. The number of unbranched alkanes of at least 4 members (excludes halogenated alkanes) is 13. The molecule has 0 rings (SSSR count). The van der Waals surface area contributed by atoms with Gasteiger partial charge in [-0.1, -0.05) is 206 Å². The fraction of sp³-hybridized carbons (Fsp3) is 0.593. The largest absolute Gasteiger partial charge is 0.461 e. The van der Waals surface area contributed by atoms with E-state index >= 15 is 0 Å². The van der Waals surface area contributed by atoms with Gasteiger partial charge in [0.15, 0.2) is 6.10 Å². The van der Waals surface area contributed by atoms with Crippen molar-refractivity contribution in [2.24, 2.45) is 0 Å². The Balaban J connectivity index is 4.47. The van der Waals surface area contributed by atoms with Gasteiger partial charge >= 0.3 is 11.9 Å². The van der Waals surface area contributed by atoms with Crippen LogP contribution in [0, 0.1) is 0 Å². The fourth-order valence-corrected chi connectivity index (χ4v) is 6.43. The zero-order chi connectivity index (χ0) is 46.3. The first-order valence-electron chi connectivity index (χ1n) is 25.7. The molecular weight excluding hydrogens is 789 g/mol. The van der Waals surface area contributed by atoms with Gasteiger partial charge in [-0.2, -0.15) is 0 Å². The molecule has 0 aromatic carbocycles. The second-order valence-corrected chi connectivity index (χ2v) is 16.3. The zero-order valence-electron chi connectivity index (χ0n) is 41.2. The molecule has 0 aliphatic heterocycles. The van der Waals surface area contributed by atoms with E-state index in [2.05, 4.69) is 142 Å². The Labute approximate surface area is 394 Å². The van der Waals surface area contributed by atoms with Gasteiger partial charge in [0.1, 0.15) is 6.61 Å². The van der Waals surface area contributed by atoms with Gasteiger partial charge in [-0.05, 0) is 116 Å². The van der Waals surface area contributed by atoms with E-state index in [4.69, 9.17) is 14.2 Å². The van der Waals surface area contributed by atoms with Crippen LogP contribution < -0.4 is 0 Å². The van der Waals surface area contributed by atoms with Crippen LogP contribution in [-0.4, -0.2) is 37.9 Å². The highest BCUT2D eigenvalue weighted by molar-refractivity contribution is 5.71. The number of ether oxygens (including phenoxy) is 3. The van der Waals surface area contributed by atoms with Gasteiger partial charge in [-0.3, -0.25) is 9.59 Å². The van der Waals surface area contributed by atoms with Crippen LogP contribution in [0.5, 0.6) is 0 Å². The third kappa shape index (κ3) is 50.7. The van der Waals surface area contributed by atoms with Crippen LogP contribution >= 0.6 is 0 Å². The van der Waals surface area contributed by atoms with E-state index in [1.807, 2.05) is 12.2 Å². The number of carbonyl (C=O) groups excluding carboxylic acids is 2. The molecule has 0 heterocycles. The summed E-state index contributed by atoms with van der Waals surface area (Å²) in [5, 5.41) is 0. The Morgan fingerprint density at radius 3 is 1.22 bits per heavy atom. The third-order valence-electron chi connectivity index (χ3n) is 10.2. The lowest BCUT2D eigenvalue weighted by Crippen LogP contribution is -2.30. The minimum atomic E-state index is -0.603. The highest BCUT2D eigenvalue weighted by Crippen LogP contribution is 2.11. The molecule has 0 fully saturated rings. The molecule has 1 unspecified atom stereocenters. The predicted octanol–water partition coefficient (Wildman–Crippen LogP) is 17.6. The SMILES string of the molecule is CC/C=C\C/C=C\C/C=C\C/C=C\C/C=C\CCCCCCOCC(COC(=O)C/C=C\C/C=C\C/C=C\C/C=C\C/C=C\CC)OC(=O)CCCCCCC/C=C\CCCCCC. The second kappa shape index (κ2) is 53.4. The molecule has 360 valence electrons. The zero-order valence-corrected chi connectivity index (χ0v) is 41.2. The molecule has 5 nitrogen and oxygen atoms in total. The summed E-state index contributed by atoms with van der Waals surface area (Å²) in [5.74, 6) is -0.579. The average molecular weight is 883 g/mol. The van der Waals surface area contributed by atoms with Crippen molar-refractivity contribution in [2.75, 3.05) is 19.8 Å². The van der Waals surface area contributed by atoms with E-state index in [1.165, 1.54) is 44.9 Å². The highest BCUT2D eigenvalue weighted by Gasteiger charge is 2.17. The van der Waals surface area contributed by atoms with Gasteiger partial charge in [-0.15, -0.1) is 0 Å². The Kier molecular flexibility index (Phi) is 50.1. The highest BCUT2D eigenvalue weighted by atomic mass is 16.6. The summed E-state index contributed by atoms with van der Waals surface area (Å²) >= 11 is 0. The lowest BCUT2D eigenvalue weighted by atomic mass is 10.1. The van der Waals surface area contributed by atoms with Crippen molar-refractivity contribution in [3.8, 4) is 0 Å². The summed E-state index contributed by atoms with van der Waals surface area (Å²) in [4.78, 5) is 25.3. The molecule has 0 aliphatic carbocycles. The first-order chi connectivity index (χ1) is 31.6. The number of allylic oxidation sites excluding steroid dienone is 21. The van der Waals surface area contributed by atoms with Gasteiger partial charge < -0.3 is 14.2 Å². The Hall–Kier alpha value is -3.96. The molecule has 0 amide bonds. The van der Waals surface area contributed by atoms with Crippen molar-refractivity contribution in [3.05, 3.63) is 134 Å². The minimum Gasteiger partial charge on any atom is -0.461 e.